The van der Waals surface area contributed by atoms with Crippen LogP contribution in [0.3, 0.4) is 0 Å². The first-order valence-corrected chi connectivity index (χ1v) is 10.0. The molecule has 0 aliphatic heterocycles. The van der Waals surface area contributed by atoms with Crippen LogP contribution in [-0.2, 0) is 22.3 Å². The van der Waals surface area contributed by atoms with Gasteiger partial charge in [-0.15, -0.1) is 0 Å². The van der Waals surface area contributed by atoms with Gasteiger partial charge in [0, 0.05) is 30.3 Å². The van der Waals surface area contributed by atoms with Crippen molar-refractivity contribution in [3.63, 3.8) is 0 Å². The number of nitrogens with zero attached hydrogens (tertiary/aromatic N) is 1. The lowest BCUT2D eigenvalue weighted by Crippen LogP contribution is -2.25. The van der Waals surface area contributed by atoms with Crippen LogP contribution in [0.2, 0.25) is 5.02 Å². The normalized spacial score (nSPS) is 11.5. The van der Waals surface area contributed by atoms with Gasteiger partial charge in [0.1, 0.15) is 0 Å². The minimum atomic E-state index is -3.38. The van der Waals surface area contributed by atoms with E-state index in [1.54, 1.807) is 24.3 Å². The monoisotopic (exact) mass is 366 g/mol. The minimum absolute atomic E-state index is 0.0539. The van der Waals surface area contributed by atoms with Gasteiger partial charge in [-0.2, -0.15) is 0 Å². The Morgan fingerprint density at radius 2 is 1.46 bits per heavy atom. The van der Waals surface area contributed by atoms with Crippen LogP contribution >= 0.6 is 11.6 Å². The molecule has 0 aliphatic rings. The van der Waals surface area contributed by atoms with E-state index < -0.39 is 10.0 Å². The van der Waals surface area contributed by atoms with Gasteiger partial charge >= 0.3 is 0 Å². The van der Waals surface area contributed by atoms with Crippen LogP contribution in [0.4, 0.5) is 5.69 Å². The van der Waals surface area contributed by atoms with Crippen LogP contribution < -0.4 is 9.62 Å². The molecule has 0 saturated carbocycles. The van der Waals surface area contributed by atoms with Gasteiger partial charge in [0.25, 0.3) is 0 Å². The molecule has 0 radical (unpaired) electrons. The zero-order chi connectivity index (χ0) is 17.6. The molecule has 1 N–H and O–H groups in total. The molecule has 2 rings (SSSR count). The highest BCUT2D eigenvalue weighted by Crippen LogP contribution is 2.15. The van der Waals surface area contributed by atoms with E-state index in [0.717, 1.165) is 24.3 Å². The van der Waals surface area contributed by atoms with Crippen molar-refractivity contribution < 1.29 is 8.42 Å². The first-order valence-electron chi connectivity index (χ1n) is 7.99. The molecule has 24 heavy (non-hydrogen) atoms. The van der Waals surface area contributed by atoms with Crippen molar-refractivity contribution in [3.05, 3.63) is 64.7 Å². The topological polar surface area (TPSA) is 49.4 Å². The Kier molecular flexibility index (Phi) is 6.66. The zero-order valence-electron chi connectivity index (χ0n) is 14.0. The molecule has 0 atom stereocenters. The highest BCUT2D eigenvalue weighted by molar-refractivity contribution is 7.88. The molecule has 2 aromatic rings. The summed E-state index contributed by atoms with van der Waals surface area (Å²) < 4.78 is 27.0. The molecule has 0 saturated heterocycles. The molecule has 0 fully saturated rings. The quantitative estimate of drug-likeness (QED) is 0.772. The molecule has 0 amide bonds. The fraction of sp³-hybridized carbons (Fsp3) is 0.333. The molecule has 130 valence electrons. The van der Waals surface area contributed by atoms with Crippen LogP contribution in [0.25, 0.3) is 0 Å². The first-order chi connectivity index (χ1) is 11.4. The molecule has 0 heterocycles. The highest BCUT2D eigenvalue weighted by Gasteiger charge is 2.11. The van der Waals surface area contributed by atoms with Crippen molar-refractivity contribution in [2.24, 2.45) is 0 Å². The number of rotatable bonds is 8. The van der Waals surface area contributed by atoms with E-state index in [-0.39, 0.29) is 12.3 Å². The summed E-state index contributed by atoms with van der Waals surface area (Å²) in [5, 5.41) is 0.595. The standard InChI is InChI=1S/C18H23ClN2O2S/c1-3-21(4-2)18-11-7-15(8-12-18)13-20-24(22,23)14-16-5-9-17(19)10-6-16/h5-12,20H,3-4,13-14H2,1-2H3. The number of benzene rings is 2. The maximum atomic E-state index is 12.2. The Bertz CT molecular complexity index is 740. The third-order valence-electron chi connectivity index (χ3n) is 3.83. The first kappa shape index (κ1) is 18.8. The van der Waals surface area contributed by atoms with E-state index in [4.69, 9.17) is 11.6 Å². The molecular weight excluding hydrogens is 344 g/mol. The van der Waals surface area contributed by atoms with Crippen LogP contribution in [-0.4, -0.2) is 21.5 Å². The van der Waals surface area contributed by atoms with E-state index in [1.165, 1.54) is 0 Å². The van der Waals surface area contributed by atoms with E-state index in [1.807, 2.05) is 24.3 Å². The highest BCUT2D eigenvalue weighted by atomic mass is 35.5. The Morgan fingerprint density at radius 3 is 2.00 bits per heavy atom. The average molecular weight is 367 g/mol. The Hall–Kier alpha value is -1.56. The fourth-order valence-corrected chi connectivity index (χ4v) is 3.70. The van der Waals surface area contributed by atoms with E-state index in [0.29, 0.717) is 10.6 Å². The number of hydrogen-bond acceptors (Lipinski definition) is 3. The Balaban J connectivity index is 1.95. The summed E-state index contributed by atoms with van der Waals surface area (Å²) in [4.78, 5) is 2.24. The summed E-state index contributed by atoms with van der Waals surface area (Å²) in [7, 11) is -3.38. The third-order valence-corrected chi connectivity index (χ3v) is 5.38. The number of anilines is 1. The molecule has 0 unspecified atom stereocenters. The SMILES string of the molecule is CCN(CC)c1ccc(CNS(=O)(=O)Cc2ccc(Cl)cc2)cc1. The van der Waals surface area contributed by atoms with Crippen LogP contribution in [0.15, 0.2) is 48.5 Å². The van der Waals surface area contributed by atoms with Crippen LogP contribution in [0.1, 0.15) is 25.0 Å². The predicted molar refractivity (Wildman–Crippen MR) is 101 cm³/mol. The van der Waals surface area contributed by atoms with Crippen molar-refractivity contribution in [1.29, 1.82) is 0 Å². The third kappa shape index (κ3) is 5.51. The van der Waals surface area contributed by atoms with E-state index >= 15 is 0 Å². The number of hydrogen-bond donors (Lipinski definition) is 1. The van der Waals surface area contributed by atoms with Crippen molar-refractivity contribution in [1.82, 2.24) is 4.72 Å². The van der Waals surface area contributed by atoms with Crippen molar-refractivity contribution in [3.8, 4) is 0 Å². The van der Waals surface area contributed by atoms with Crippen molar-refractivity contribution in [2.45, 2.75) is 26.1 Å². The average Bonchev–Trinajstić information content (AvgIpc) is 2.57. The molecular formula is C18H23ClN2O2S. The number of halogens is 1. The van der Waals surface area contributed by atoms with Gasteiger partial charge in [-0.05, 0) is 49.2 Å². The lowest BCUT2D eigenvalue weighted by atomic mass is 10.2. The molecule has 2 aromatic carbocycles. The van der Waals surface area contributed by atoms with Crippen LogP contribution in [0.5, 0.6) is 0 Å². The second-order valence-electron chi connectivity index (χ2n) is 5.55. The Labute approximate surface area is 149 Å². The zero-order valence-corrected chi connectivity index (χ0v) is 15.6. The molecule has 4 nitrogen and oxygen atoms in total. The number of sulfonamides is 1. The Morgan fingerprint density at radius 1 is 0.917 bits per heavy atom. The molecule has 6 heteroatoms. The summed E-state index contributed by atoms with van der Waals surface area (Å²) in [6, 6.07) is 14.8. The van der Waals surface area contributed by atoms with Gasteiger partial charge in [0.2, 0.25) is 10.0 Å². The predicted octanol–water partition coefficient (Wildman–Crippen LogP) is 3.81. The molecule has 0 aromatic heterocycles. The minimum Gasteiger partial charge on any atom is -0.372 e. The summed E-state index contributed by atoms with van der Waals surface area (Å²) in [5.41, 5.74) is 2.79. The van der Waals surface area contributed by atoms with Gasteiger partial charge in [0.15, 0.2) is 0 Å². The van der Waals surface area contributed by atoms with Gasteiger partial charge in [-0.25, -0.2) is 13.1 Å². The van der Waals surface area contributed by atoms with Crippen LogP contribution in [0, 0.1) is 0 Å². The second kappa shape index (κ2) is 8.51. The summed E-state index contributed by atoms with van der Waals surface area (Å²) in [6.07, 6.45) is 0. The lowest BCUT2D eigenvalue weighted by Gasteiger charge is -2.21. The van der Waals surface area contributed by atoms with Gasteiger partial charge in [0.05, 0.1) is 5.75 Å². The van der Waals surface area contributed by atoms with E-state index in [2.05, 4.69) is 23.5 Å². The summed E-state index contributed by atoms with van der Waals surface area (Å²) in [6.45, 7) is 6.41. The maximum Gasteiger partial charge on any atom is 0.216 e. The summed E-state index contributed by atoms with van der Waals surface area (Å²) >= 11 is 5.81. The molecule has 0 aliphatic carbocycles. The van der Waals surface area contributed by atoms with Gasteiger partial charge < -0.3 is 4.90 Å². The summed E-state index contributed by atoms with van der Waals surface area (Å²) in [5.74, 6) is -0.0539. The van der Waals surface area contributed by atoms with Crippen molar-refractivity contribution in [2.75, 3.05) is 18.0 Å². The van der Waals surface area contributed by atoms with Gasteiger partial charge in [-0.1, -0.05) is 35.9 Å². The van der Waals surface area contributed by atoms with Crippen molar-refractivity contribution >= 4 is 27.3 Å². The largest absolute Gasteiger partial charge is 0.372 e. The van der Waals surface area contributed by atoms with Gasteiger partial charge in [-0.3, -0.25) is 0 Å². The molecule has 0 spiro atoms. The van der Waals surface area contributed by atoms with E-state index in [9.17, 15) is 8.42 Å². The maximum absolute atomic E-state index is 12.2. The molecule has 0 bridgehead atoms. The number of nitrogens with one attached hydrogen (secondary N) is 1. The second-order valence-corrected chi connectivity index (χ2v) is 7.79. The lowest BCUT2D eigenvalue weighted by molar-refractivity contribution is 0.580. The fourth-order valence-electron chi connectivity index (χ4n) is 2.46. The smallest absolute Gasteiger partial charge is 0.216 e.